The van der Waals surface area contributed by atoms with Gasteiger partial charge in [0.15, 0.2) is 11.6 Å². The van der Waals surface area contributed by atoms with Crippen LogP contribution in [0.15, 0.2) is 45.3 Å². The summed E-state index contributed by atoms with van der Waals surface area (Å²) in [6.45, 7) is 0. The van der Waals surface area contributed by atoms with Crippen LogP contribution >= 0.6 is 15.9 Å². The number of hydrogen-bond donors (Lipinski definition) is 2. The topological polar surface area (TPSA) is 111 Å². The van der Waals surface area contributed by atoms with E-state index in [1.165, 1.54) is 12.1 Å². The van der Waals surface area contributed by atoms with Crippen molar-refractivity contribution in [2.45, 2.75) is 0 Å². The predicted octanol–water partition coefficient (Wildman–Crippen LogP) is 3.59. The van der Waals surface area contributed by atoms with Crippen molar-refractivity contribution < 1.29 is 9.34 Å². The highest BCUT2D eigenvalue weighted by Crippen LogP contribution is 2.39. The van der Waals surface area contributed by atoms with Crippen molar-refractivity contribution in [3.8, 4) is 22.6 Å². The Morgan fingerprint density at radius 1 is 1.29 bits per heavy atom. The predicted molar refractivity (Wildman–Crippen MR) is 80.5 cm³/mol. The van der Waals surface area contributed by atoms with Crippen LogP contribution in [-0.4, -0.2) is 15.1 Å². The standard InChI is InChI=1S/C13H9BrN4O3/c14-8-4-2-1-3-7(8)11-12(16-17-13(11)15)9-5-6-10(21-9)18(19)20/h1-6H,(H3,15,16,17). The number of halogens is 1. The molecule has 0 atom stereocenters. The molecule has 0 radical (unpaired) electrons. The van der Waals surface area contributed by atoms with E-state index in [9.17, 15) is 10.1 Å². The van der Waals surface area contributed by atoms with Crippen LogP contribution in [0.25, 0.3) is 22.6 Å². The summed E-state index contributed by atoms with van der Waals surface area (Å²) in [7, 11) is 0. The SMILES string of the molecule is Nc1n[nH]c(-c2ccc([N+](=O)[O-])o2)c1-c1ccccc1Br. The van der Waals surface area contributed by atoms with Crippen molar-refractivity contribution in [1.82, 2.24) is 10.2 Å². The number of rotatable bonds is 3. The number of nitrogens with zero attached hydrogens (tertiary/aromatic N) is 2. The van der Waals surface area contributed by atoms with Gasteiger partial charge in [-0.15, -0.1) is 0 Å². The molecule has 0 saturated carbocycles. The van der Waals surface area contributed by atoms with Crippen molar-refractivity contribution in [2.75, 3.05) is 5.73 Å². The molecular weight excluding hydrogens is 340 g/mol. The molecule has 0 fully saturated rings. The quantitative estimate of drug-likeness (QED) is 0.554. The van der Waals surface area contributed by atoms with Gasteiger partial charge in [-0.25, -0.2) is 0 Å². The fraction of sp³-hybridized carbons (Fsp3) is 0. The number of benzene rings is 1. The fourth-order valence-corrected chi connectivity index (χ4v) is 2.51. The average molecular weight is 349 g/mol. The number of aromatic amines is 1. The van der Waals surface area contributed by atoms with Gasteiger partial charge in [0.25, 0.3) is 0 Å². The molecule has 3 rings (SSSR count). The van der Waals surface area contributed by atoms with Gasteiger partial charge in [-0.3, -0.25) is 15.2 Å². The maximum Gasteiger partial charge on any atom is 0.433 e. The fourth-order valence-electron chi connectivity index (χ4n) is 2.03. The van der Waals surface area contributed by atoms with Crippen LogP contribution in [0.5, 0.6) is 0 Å². The molecular formula is C13H9BrN4O3. The molecule has 3 N–H and O–H groups in total. The number of furan rings is 1. The number of nitrogens with one attached hydrogen (secondary N) is 1. The molecule has 0 unspecified atom stereocenters. The second-order valence-electron chi connectivity index (χ2n) is 4.23. The zero-order valence-corrected chi connectivity index (χ0v) is 12.1. The molecule has 1 aromatic carbocycles. The van der Waals surface area contributed by atoms with Crippen LogP contribution < -0.4 is 5.73 Å². The van der Waals surface area contributed by atoms with Gasteiger partial charge in [0.05, 0.1) is 11.6 Å². The molecule has 8 heteroatoms. The maximum absolute atomic E-state index is 10.7. The summed E-state index contributed by atoms with van der Waals surface area (Å²) < 4.78 is 6.04. The van der Waals surface area contributed by atoms with E-state index in [4.69, 9.17) is 10.2 Å². The minimum Gasteiger partial charge on any atom is -0.399 e. The van der Waals surface area contributed by atoms with Gasteiger partial charge in [-0.1, -0.05) is 34.1 Å². The average Bonchev–Trinajstić information content (AvgIpc) is 3.06. The molecule has 0 aliphatic carbocycles. The van der Waals surface area contributed by atoms with E-state index < -0.39 is 4.92 Å². The lowest BCUT2D eigenvalue weighted by Gasteiger charge is -2.04. The van der Waals surface area contributed by atoms with Gasteiger partial charge in [0.1, 0.15) is 10.6 Å². The Hall–Kier alpha value is -2.61. The molecule has 21 heavy (non-hydrogen) atoms. The van der Waals surface area contributed by atoms with Crippen LogP contribution in [0.3, 0.4) is 0 Å². The van der Waals surface area contributed by atoms with E-state index in [2.05, 4.69) is 26.1 Å². The Morgan fingerprint density at radius 3 is 2.71 bits per heavy atom. The van der Waals surface area contributed by atoms with E-state index >= 15 is 0 Å². The third-order valence-corrected chi connectivity index (χ3v) is 3.65. The number of nitrogens with two attached hydrogens (primary N) is 1. The lowest BCUT2D eigenvalue weighted by Crippen LogP contribution is -1.89. The monoisotopic (exact) mass is 348 g/mol. The first kappa shape index (κ1) is 13.4. The molecule has 2 aromatic heterocycles. The Kier molecular flexibility index (Phi) is 3.22. The Bertz CT molecular complexity index is 824. The highest BCUT2D eigenvalue weighted by atomic mass is 79.9. The van der Waals surface area contributed by atoms with Gasteiger partial charge in [0, 0.05) is 10.0 Å². The Balaban J connectivity index is 2.17. The summed E-state index contributed by atoms with van der Waals surface area (Å²) in [5, 5.41) is 17.4. The summed E-state index contributed by atoms with van der Waals surface area (Å²) in [5.74, 6) is 0.254. The van der Waals surface area contributed by atoms with Crippen molar-refractivity contribution in [1.29, 1.82) is 0 Å². The van der Waals surface area contributed by atoms with Crippen molar-refractivity contribution in [3.05, 3.63) is 51.0 Å². The van der Waals surface area contributed by atoms with E-state index in [-0.39, 0.29) is 11.7 Å². The lowest BCUT2D eigenvalue weighted by molar-refractivity contribution is -0.401. The van der Waals surface area contributed by atoms with Crippen LogP contribution in [0, 0.1) is 10.1 Å². The van der Waals surface area contributed by atoms with Crippen LogP contribution in [-0.2, 0) is 0 Å². The first-order valence-corrected chi connectivity index (χ1v) is 6.70. The number of nitro groups is 1. The highest BCUT2D eigenvalue weighted by Gasteiger charge is 2.21. The van der Waals surface area contributed by atoms with Crippen LogP contribution in [0.4, 0.5) is 11.7 Å². The van der Waals surface area contributed by atoms with Gasteiger partial charge >= 0.3 is 5.88 Å². The molecule has 0 saturated heterocycles. The van der Waals surface area contributed by atoms with E-state index in [0.717, 1.165) is 10.0 Å². The van der Waals surface area contributed by atoms with E-state index in [1.807, 2.05) is 24.3 Å². The summed E-state index contributed by atoms with van der Waals surface area (Å²) in [4.78, 5) is 10.1. The molecule has 0 bridgehead atoms. The number of anilines is 1. The zero-order chi connectivity index (χ0) is 15.0. The largest absolute Gasteiger partial charge is 0.433 e. The summed E-state index contributed by atoms with van der Waals surface area (Å²) in [5.41, 5.74) is 7.85. The zero-order valence-electron chi connectivity index (χ0n) is 10.5. The molecule has 0 spiro atoms. The number of aromatic nitrogens is 2. The van der Waals surface area contributed by atoms with Crippen LogP contribution in [0.2, 0.25) is 0 Å². The maximum atomic E-state index is 10.7. The molecule has 106 valence electrons. The molecule has 0 amide bonds. The third-order valence-electron chi connectivity index (χ3n) is 2.96. The number of nitrogen functional groups attached to an aromatic ring is 1. The number of H-pyrrole nitrogens is 1. The lowest BCUT2D eigenvalue weighted by atomic mass is 10.0. The summed E-state index contributed by atoms with van der Waals surface area (Å²) >= 11 is 3.45. The van der Waals surface area contributed by atoms with Crippen molar-refractivity contribution >= 4 is 27.6 Å². The van der Waals surface area contributed by atoms with E-state index in [1.54, 1.807) is 0 Å². The molecule has 0 aliphatic rings. The molecule has 7 nitrogen and oxygen atoms in total. The second kappa shape index (κ2) is 5.06. The minimum atomic E-state index is -0.596. The second-order valence-corrected chi connectivity index (χ2v) is 5.09. The first-order valence-electron chi connectivity index (χ1n) is 5.91. The van der Waals surface area contributed by atoms with Gasteiger partial charge in [-0.05, 0) is 12.1 Å². The number of hydrogen-bond acceptors (Lipinski definition) is 5. The smallest absolute Gasteiger partial charge is 0.399 e. The van der Waals surface area contributed by atoms with Gasteiger partial charge < -0.3 is 10.2 Å². The summed E-state index contributed by atoms with van der Waals surface area (Å²) in [6.07, 6.45) is 0. The first-order chi connectivity index (χ1) is 10.1. The molecule has 2 heterocycles. The molecule has 0 aliphatic heterocycles. The Morgan fingerprint density at radius 2 is 2.05 bits per heavy atom. The minimum absolute atomic E-state index is 0.288. The summed E-state index contributed by atoms with van der Waals surface area (Å²) in [6, 6.07) is 10.3. The third kappa shape index (κ3) is 2.29. The van der Waals surface area contributed by atoms with Gasteiger partial charge in [-0.2, -0.15) is 5.10 Å². The van der Waals surface area contributed by atoms with E-state index in [0.29, 0.717) is 17.0 Å². The highest BCUT2D eigenvalue weighted by molar-refractivity contribution is 9.10. The molecule has 3 aromatic rings. The van der Waals surface area contributed by atoms with Crippen molar-refractivity contribution in [3.63, 3.8) is 0 Å². The normalized spacial score (nSPS) is 10.7. The van der Waals surface area contributed by atoms with Crippen LogP contribution in [0.1, 0.15) is 0 Å². The van der Waals surface area contributed by atoms with Gasteiger partial charge in [0.2, 0.25) is 0 Å². The van der Waals surface area contributed by atoms with Crippen molar-refractivity contribution in [2.24, 2.45) is 0 Å². The Labute approximate surface area is 127 Å².